The van der Waals surface area contributed by atoms with E-state index in [2.05, 4.69) is 176 Å². The van der Waals surface area contributed by atoms with Gasteiger partial charge in [-0.1, -0.05) is 161 Å². The van der Waals surface area contributed by atoms with Crippen LogP contribution in [0, 0.1) is 0 Å². The maximum absolute atomic E-state index is 2.78. The van der Waals surface area contributed by atoms with Crippen LogP contribution in [0.15, 0.2) is 133 Å². The van der Waals surface area contributed by atoms with Crippen molar-refractivity contribution in [1.29, 1.82) is 0 Å². The topological polar surface area (TPSA) is 8.17 Å². The third-order valence-corrected chi connectivity index (χ3v) is 15.9. The summed E-state index contributed by atoms with van der Waals surface area (Å²) < 4.78 is 2.73. The van der Waals surface area contributed by atoms with Gasteiger partial charge < -0.3 is 9.38 Å². The highest BCUT2D eigenvalue weighted by Crippen LogP contribution is 2.64. The molecule has 0 bridgehead atoms. The zero-order chi connectivity index (χ0) is 35.3. The van der Waals surface area contributed by atoms with Crippen LogP contribution in [-0.2, 0) is 10.8 Å². The van der Waals surface area contributed by atoms with Crippen molar-refractivity contribution in [3.05, 3.63) is 167 Å². The molecule has 0 amide bonds. The highest BCUT2D eigenvalue weighted by Gasteiger charge is 2.56. The largest absolute Gasteiger partial charge is 0.376 e. The zero-order valence-corrected chi connectivity index (χ0v) is 31.7. The summed E-state index contributed by atoms with van der Waals surface area (Å²) in [5.41, 5.74) is 23.2. The first-order chi connectivity index (χ1) is 25.7. The van der Waals surface area contributed by atoms with Crippen LogP contribution in [0.4, 0.5) is 11.4 Å². The van der Waals surface area contributed by atoms with Crippen LogP contribution in [0.3, 0.4) is 0 Å². The van der Waals surface area contributed by atoms with Crippen molar-refractivity contribution < 1.29 is 0 Å². The fraction of sp³-hybridized carbons (Fsp3) is 0.143. The lowest BCUT2D eigenvalue weighted by molar-refractivity contribution is 0.631. The average molecular weight is 693 g/mol. The number of fused-ring (bicyclic) bond motifs is 13. The second-order valence-electron chi connectivity index (χ2n) is 17.6. The van der Waals surface area contributed by atoms with E-state index in [1.165, 1.54) is 105 Å². The van der Waals surface area contributed by atoms with Gasteiger partial charge in [0.05, 0.1) is 24.5 Å². The summed E-state index contributed by atoms with van der Waals surface area (Å²) in [4.78, 5) is 2.78. The molecule has 0 fully saturated rings. The van der Waals surface area contributed by atoms with E-state index in [1.54, 1.807) is 5.19 Å². The van der Waals surface area contributed by atoms with Crippen LogP contribution in [0.2, 0.25) is 19.6 Å². The Morgan fingerprint density at radius 3 is 1.89 bits per heavy atom. The van der Waals surface area contributed by atoms with Crippen LogP contribution in [0.5, 0.6) is 0 Å². The predicted octanol–water partition coefficient (Wildman–Crippen LogP) is 9.88. The molecule has 2 nitrogen and oxygen atoms in total. The summed E-state index contributed by atoms with van der Waals surface area (Å²) in [5.74, 6) is 0. The van der Waals surface area contributed by atoms with E-state index >= 15 is 0 Å². The Balaban J connectivity index is 1.28. The molecule has 1 aliphatic carbocycles. The summed E-state index contributed by atoms with van der Waals surface area (Å²) in [6, 6.07) is 52.0. The quantitative estimate of drug-likeness (QED) is 0.156. The second-order valence-corrected chi connectivity index (χ2v) is 22.6. The lowest BCUT2D eigenvalue weighted by atomic mass is 9.42. The van der Waals surface area contributed by atoms with Gasteiger partial charge in [0.25, 0.3) is 0 Å². The van der Waals surface area contributed by atoms with E-state index in [0.29, 0.717) is 0 Å². The molecule has 4 heteroatoms. The highest BCUT2D eigenvalue weighted by atomic mass is 28.3. The molecule has 0 radical (unpaired) electrons. The Hall–Kier alpha value is -5.58. The van der Waals surface area contributed by atoms with Crippen molar-refractivity contribution in [3.8, 4) is 27.9 Å². The Kier molecular flexibility index (Phi) is 4.89. The maximum atomic E-state index is 2.78. The van der Waals surface area contributed by atoms with Crippen LogP contribution in [-0.4, -0.2) is 19.5 Å². The number of aromatic nitrogens is 1. The first kappa shape index (κ1) is 28.9. The van der Waals surface area contributed by atoms with Gasteiger partial charge in [-0.05, 0) is 72.2 Å². The Labute approximate surface area is 311 Å². The van der Waals surface area contributed by atoms with Gasteiger partial charge in [-0.25, -0.2) is 0 Å². The summed E-state index contributed by atoms with van der Waals surface area (Å²) in [5, 5.41) is 4.48. The molecular formula is C49H37BN2Si. The van der Waals surface area contributed by atoms with E-state index in [1.807, 2.05) is 0 Å². The number of rotatable bonds is 1. The molecule has 0 unspecified atom stereocenters. The van der Waals surface area contributed by atoms with Crippen LogP contribution in [0.1, 0.15) is 47.2 Å². The average Bonchev–Trinajstić information content (AvgIpc) is 3.67. The van der Waals surface area contributed by atoms with Gasteiger partial charge in [-0.3, -0.25) is 0 Å². The van der Waals surface area contributed by atoms with E-state index in [-0.39, 0.29) is 12.3 Å². The molecule has 0 saturated heterocycles. The van der Waals surface area contributed by atoms with Gasteiger partial charge in [0.15, 0.2) is 0 Å². The van der Waals surface area contributed by atoms with Crippen molar-refractivity contribution >= 4 is 64.2 Å². The molecule has 8 aromatic rings. The number of anilines is 2. The third-order valence-electron chi connectivity index (χ3n) is 13.9. The van der Waals surface area contributed by atoms with Gasteiger partial charge in [0, 0.05) is 38.8 Å². The SMILES string of the molecule is CC1(C)c2cccc3c2-n2c4c1cccc4c1c([Si](C)(C)C)cc4c(c12)B3N1c2ccccc2C2(c3ccccc3-c3ccccc32)c2cccc-4c21. The minimum atomic E-state index is -1.84. The van der Waals surface area contributed by atoms with Crippen molar-refractivity contribution in [1.82, 2.24) is 4.57 Å². The number of benzene rings is 7. The molecule has 53 heavy (non-hydrogen) atoms. The minimum Gasteiger partial charge on any atom is -0.376 e. The fourth-order valence-electron chi connectivity index (χ4n) is 11.9. The van der Waals surface area contributed by atoms with Gasteiger partial charge >= 0.3 is 6.85 Å². The Morgan fingerprint density at radius 1 is 0.528 bits per heavy atom. The lowest BCUT2D eigenvalue weighted by Gasteiger charge is -2.51. The third kappa shape index (κ3) is 2.98. The standard InChI is InChI=1S/C49H37BN2Si/c1-48(2)36-22-13-18-31-42-41(53(3,4)5)27-32-30-17-12-24-38-45(30)52(50-39-25-14-23-37(48)46(39)51(44(31)36)47(42)43(32)50)40-26-11-10-21-35(40)49(38)33-19-8-6-15-28(33)29-16-7-9-20-34(29)49/h6-27H,1-5H3. The smallest absolute Gasteiger partial charge is 0.333 e. The predicted molar refractivity (Wildman–Crippen MR) is 226 cm³/mol. The first-order valence-electron chi connectivity index (χ1n) is 19.2. The zero-order valence-electron chi connectivity index (χ0n) is 30.7. The molecular weight excluding hydrogens is 655 g/mol. The van der Waals surface area contributed by atoms with Gasteiger partial charge in [-0.2, -0.15) is 0 Å². The minimum absolute atomic E-state index is 0.0336. The number of nitrogens with zero attached hydrogens (tertiary/aromatic N) is 2. The van der Waals surface area contributed by atoms with E-state index < -0.39 is 13.5 Å². The molecule has 250 valence electrons. The first-order valence-corrected chi connectivity index (χ1v) is 22.7. The number of hydrogen-bond acceptors (Lipinski definition) is 1. The molecule has 0 atom stereocenters. The van der Waals surface area contributed by atoms with Crippen LogP contribution >= 0.6 is 0 Å². The molecule has 1 aromatic heterocycles. The van der Waals surface area contributed by atoms with Crippen LogP contribution < -0.4 is 20.9 Å². The highest BCUT2D eigenvalue weighted by molar-refractivity contribution is 6.95. The molecule has 0 N–H and O–H groups in total. The molecule has 0 saturated carbocycles. The van der Waals surface area contributed by atoms with E-state index in [4.69, 9.17) is 0 Å². The normalized spacial score (nSPS) is 16.6. The van der Waals surface area contributed by atoms with Crippen molar-refractivity contribution in [2.45, 2.75) is 44.3 Å². The molecule has 4 aliphatic heterocycles. The monoisotopic (exact) mass is 692 g/mol. The van der Waals surface area contributed by atoms with Crippen LogP contribution in [0.25, 0.3) is 49.7 Å². The molecule has 7 aromatic carbocycles. The second kappa shape index (κ2) is 8.95. The lowest BCUT2D eigenvalue weighted by Crippen LogP contribution is -2.63. The van der Waals surface area contributed by atoms with Crippen molar-refractivity contribution in [2.24, 2.45) is 0 Å². The van der Waals surface area contributed by atoms with Gasteiger partial charge in [-0.15, -0.1) is 0 Å². The van der Waals surface area contributed by atoms with Crippen molar-refractivity contribution in [3.63, 3.8) is 0 Å². The maximum Gasteiger partial charge on any atom is 0.333 e. The Morgan fingerprint density at radius 2 is 1.13 bits per heavy atom. The molecule has 5 heterocycles. The molecule has 1 spiro atoms. The fourth-order valence-corrected chi connectivity index (χ4v) is 13.5. The summed E-state index contributed by atoms with van der Waals surface area (Å²) in [6.07, 6.45) is 0. The van der Waals surface area contributed by atoms with Gasteiger partial charge in [0.2, 0.25) is 0 Å². The Bertz CT molecular complexity index is 3000. The number of hydrogen-bond donors (Lipinski definition) is 0. The molecule has 13 rings (SSSR count). The van der Waals surface area contributed by atoms with Gasteiger partial charge in [0.1, 0.15) is 0 Å². The summed E-state index contributed by atoms with van der Waals surface area (Å²) >= 11 is 0. The molecule has 5 aliphatic rings. The van der Waals surface area contributed by atoms with Crippen molar-refractivity contribution in [2.75, 3.05) is 4.81 Å². The van der Waals surface area contributed by atoms with E-state index in [0.717, 1.165) is 0 Å². The summed E-state index contributed by atoms with van der Waals surface area (Å²) in [7, 11) is -1.84. The summed E-state index contributed by atoms with van der Waals surface area (Å²) in [6.45, 7) is 12.6. The number of para-hydroxylation sites is 4. The van der Waals surface area contributed by atoms with E-state index in [9.17, 15) is 0 Å².